The SMILES string of the molecule is CCCC[N+]1=C=[N+](c2ccc3c(c2)C(C)(C)c2ccccc2-3)c2ccccc21. The van der Waals surface area contributed by atoms with Crippen molar-refractivity contribution in [1.82, 2.24) is 4.58 Å². The van der Waals surface area contributed by atoms with E-state index in [0.717, 1.165) is 6.54 Å². The predicted octanol–water partition coefficient (Wildman–Crippen LogP) is 6.46. The van der Waals surface area contributed by atoms with Crippen LogP contribution in [0.25, 0.3) is 11.1 Å². The van der Waals surface area contributed by atoms with Gasteiger partial charge in [0.1, 0.15) is 0 Å². The third-order valence-corrected chi connectivity index (χ3v) is 6.19. The van der Waals surface area contributed by atoms with Crippen LogP contribution in [0, 0.1) is 0 Å². The van der Waals surface area contributed by atoms with Gasteiger partial charge in [0.05, 0.1) is 0 Å². The zero-order valence-electron chi connectivity index (χ0n) is 16.9. The lowest BCUT2D eigenvalue weighted by atomic mass is 9.82. The molecule has 2 aliphatic rings. The molecule has 0 saturated carbocycles. The zero-order chi connectivity index (χ0) is 19.3. The highest BCUT2D eigenvalue weighted by molar-refractivity contribution is 5.83. The monoisotopic (exact) mass is 366 g/mol. The summed E-state index contributed by atoms with van der Waals surface area (Å²) in [6.07, 6.45) is 2.35. The van der Waals surface area contributed by atoms with Gasteiger partial charge in [0.2, 0.25) is 5.69 Å². The standard InChI is InChI=1S/C26H26N2/c1-4-5-16-27-18-28(25-13-9-8-12-24(25)27)19-14-15-21-20-10-6-7-11-22(20)26(2,3)23(21)17-19/h6-15,17H,4-5,16H2,1-3H3/q+2. The molecule has 1 aliphatic heterocycles. The lowest BCUT2D eigenvalue weighted by molar-refractivity contribution is -0.431. The minimum atomic E-state index is 0.0169. The van der Waals surface area contributed by atoms with E-state index in [4.69, 9.17) is 0 Å². The molecule has 1 heterocycles. The second-order valence-electron chi connectivity index (χ2n) is 8.33. The van der Waals surface area contributed by atoms with Crippen molar-refractivity contribution in [3.63, 3.8) is 0 Å². The first-order valence-electron chi connectivity index (χ1n) is 10.3. The summed E-state index contributed by atoms with van der Waals surface area (Å²) in [4.78, 5) is 0. The summed E-state index contributed by atoms with van der Waals surface area (Å²) >= 11 is 0. The molecule has 0 N–H and O–H groups in total. The minimum absolute atomic E-state index is 0.0169. The summed E-state index contributed by atoms with van der Waals surface area (Å²) in [5, 5.41) is 0. The van der Waals surface area contributed by atoms with Crippen LogP contribution in [0.4, 0.5) is 17.1 Å². The van der Waals surface area contributed by atoms with Gasteiger partial charge in [-0.1, -0.05) is 68.2 Å². The van der Waals surface area contributed by atoms with Crippen LogP contribution in [-0.2, 0) is 5.41 Å². The molecule has 0 spiro atoms. The Hall–Kier alpha value is -2.96. The van der Waals surface area contributed by atoms with E-state index in [9.17, 15) is 0 Å². The van der Waals surface area contributed by atoms with Gasteiger partial charge in [-0.2, -0.15) is 0 Å². The summed E-state index contributed by atoms with van der Waals surface area (Å²) in [7, 11) is 0. The lowest BCUT2D eigenvalue weighted by Gasteiger charge is -2.21. The van der Waals surface area contributed by atoms with Crippen molar-refractivity contribution in [1.29, 1.82) is 0 Å². The van der Waals surface area contributed by atoms with Gasteiger partial charge in [-0.05, 0) is 32.9 Å². The van der Waals surface area contributed by atoms with E-state index in [-0.39, 0.29) is 5.41 Å². The summed E-state index contributed by atoms with van der Waals surface area (Å²) in [5.41, 5.74) is 9.22. The smallest absolute Gasteiger partial charge is 0.0867 e. The van der Waals surface area contributed by atoms with Crippen LogP contribution in [0.5, 0.6) is 0 Å². The summed E-state index contributed by atoms with van der Waals surface area (Å²) in [6, 6.07) is 27.9. The Balaban J connectivity index is 1.66. The number of benzene rings is 3. The molecule has 28 heavy (non-hydrogen) atoms. The average molecular weight is 367 g/mol. The molecule has 0 saturated heterocycles. The predicted molar refractivity (Wildman–Crippen MR) is 117 cm³/mol. The van der Waals surface area contributed by atoms with Crippen LogP contribution in [-0.4, -0.2) is 17.1 Å². The van der Waals surface area contributed by atoms with Crippen molar-refractivity contribution in [3.8, 4) is 11.1 Å². The topological polar surface area (TPSA) is 6.02 Å². The molecule has 0 aromatic heterocycles. The lowest BCUT2D eigenvalue weighted by Crippen LogP contribution is -2.15. The molecule has 3 aromatic rings. The number of para-hydroxylation sites is 2. The van der Waals surface area contributed by atoms with E-state index in [1.165, 1.54) is 52.2 Å². The highest BCUT2D eigenvalue weighted by Gasteiger charge is 2.39. The van der Waals surface area contributed by atoms with Gasteiger partial charge in [0, 0.05) is 36.1 Å². The second-order valence-corrected chi connectivity index (χ2v) is 8.33. The van der Waals surface area contributed by atoms with E-state index in [0.29, 0.717) is 0 Å². The van der Waals surface area contributed by atoms with Gasteiger partial charge in [0.15, 0.2) is 6.54 Å². The normalized spacial score (nSPS) is 15.5. The Labute approximate surface area is 167 Å². The highest BCUT2D eigenvalue weighted by atomic mass is 15.2. The first-order chi connectivity index (χ1) is 13.6. The van der Waals surface area contributed by atoms with E-state index < -0.39 is 0 Å². The molecule has 0 amide bonds. The molecule has 0 unspecified atom stereocenters. The first kappa shape index (κ1) is 17.2. The van der Waals surface area contributed by atoms with Gasteiger partial charge < -0.3 is 0 Å². The van der Waals surface area contributed by atoms with Crippen molar-refractivity contribution in [2.45, 2.75) is 39.0 Å². The fraction of sp³-hybridized carbons (Fsp3) is 0.269. The van der Waals surface area contributed by atoms with E-state index in [1.54, 1.807) is 0 Å². The maximum atomic E-state index is 3.61. The molecule has 0 bridgehead atoms. The molecule has 0 fully saturated rings. The van der Waals surface area contributed by atoms with Crippen molar-refractivity contribution in [2.75, 3.05) is 6.54 Å². The fourth-order valence-electron chi connectivity index (χ4n) is 4.62. The Morgan fingerprint density at radius 3 is 2.36 bits per heavy atom. The molecule has 3 aromatic carbocycles. The van der Waals surface area contributed by atoms with Crippen LogP contribution in [0.1, 0.15) is 44.7 Å². The van der Waals surface area contributed by atoms with E-state index >= 15 is 0 Å². The molecule has 1 aliphatic carbocycles. The van der Waals surface area contributed by atoms with Crippen LogP contribution in [0.3, 0.4) is 0 Å². The van der Waals surface area contributed by atoms with Crippen LogP contribution < -0.4 is 4.58 Å². The number of hydrogen-bond acceptors (Lipinski definition) is 0. The molecular weight excluding hydrogens is 340 g/mol. The van der Waals surface area contributed by atoms with Crippen molar-refractivity contribution in [3.05, 3.63) is 77.9 Å². The number of unbranched alkanes of at least 4 members (excludes halogenated alkanes) is 1. The Morgan fingerprint density at radius 1 is 0.821 bits per heavy atom. The number of nitrogens with zero attached hydrogens (tertiary/aromatic N) is 2. The molecule has 0 radical (unpaired) electrons. The van der Waals surface area contributed by atoms with Gasteiger partial charge in [-0.3, -0.25) is 0 Å². The van der Waals surface area contributed by atoms with Crippen LogP contribution in [0.2, 0.25) is 0 Å². The molecule has 0 atom stereocenters. The summed E-state index contributed by atoms with van der Waals surface area (Å²) in [6.45, 7) is 7.91. The maximum Gasteiger partial charge on any atom is 0.496 e. The third kappa shape index (κ3) is 2.42. The number of fused-ring (bicyclic) bond motifs is 4. The number of rotatable bonds is 4. The Bertz CT molecular complexity index is 1160. The largest absolute Gasteiger partial charge is 0.496 e. The second kappa shape index (κ2) is 6.29. The number of hydrogen-bond donors (Lipinski definition) is 0. The van der Waals surface area contributed by atoms with Gasteiger partial charge in [-0.15, -0.1) is 0 Å². The summed E-state index contributed by atoms with van der Waals surface area (Å²) < 4.78 is 4.50. The highest BCUT2D eigenvalue weighted by Crippen LogP contribution is 2.49. The maximum absolute atomic E-state index is 3.61. The minimum Gasteiger partial charge on any atom is -0.0867 e. The van der Waals surface area contributed by atoms with Crippen molar-refractivity contribution in [2.24, 2.45) is 0 Å². The molecule has 2 heteroatoms. The molecule has 5 rings (SSSR count). The average Bonchev–Trinajstić information content (AvgIpc) is 3.20. The van der Waals surface area contributed by atoms with Gasteiger partial charge in [-0.25, -0.2) is 0 Å². The quantitative estimate of drug-likeness (QED) is 0.467. The Morgan fingerprint density at radius 2 is 1.54 bits per heavy atom. The van der Waals surface area contributed by atoms with Gasteiger partial charge >= 0.3 is 6.01 Å². The Kier molecular flexibility index (Phi) is 3.86. The van der Waals surface area contributed by atoms with E-state index in [1.807, 2.05) is 0 Å². The third-order valence-electron chi connectivity index (χ3n) is 6.19. The van der Waals surface area contributed by atoms with E-state index in [2.05, 4.69) is 103 Å². The molecule has 2 nitrogen and oxygen atoms in total. The van der Waals surface area contributed by atoms with Crippen molar-refractivity contribution < 1.29 is 4.58 Å². The molecular formula is C26H26N2+2. The fourth-order valence-corrected chi connectivity index (χ4v) is 4.62. The van der Waals surface area contributed by atoms with Crippen molar-refractivity contribution >= 4 is 23.1 Å². The summed E-state index contributed by atoms with van der Waals surface area (Å²) in [5.74, 6) is 0. The van der Waals surface area contributed by atoms with Gasteiger partial charge in [0.25, 0.3) is 11.4 Å². The zero-order valence-corrected chi connectivity index (χ0v) is 16.9. The van der Waals surface area contributed by atoms with Crippen LogP contribution in [0.15, 0.2) is 66.7 Å². The molecule has 138 valence electrons. The first-order valence-corrected chi connectivity index (χ1v) is 10.3. The van der Waals surface area contributed by atoms with Crippen LogP contribution >= 0.6 is 0 Å².